The molecule has 1 nitrogen and oxygen atoms in total. The minimum atomic E-state index is 0.435. The van der Waals surface area contributed by atoms with Crippen LogP contribution in [0.25, 0.3) is 0 Å². The van der Waals surface area contributed by atoms with Gasteiger partial charge in [-0.3, -0.25) is 0 Å². The number of benzene rings is 1. The normalized spacial score (nSPS) is 13.6. The van der Waals surface area contributed by atoms with Crippen LogP contribution in [0.15, 0.2) is 24.3 Å². The SMILES string of the molecule is Cc1cccc(C(C)NCC(C(C)C)C(C)C)c1. The Morgan fingerprint density at radius 1 is 1.00 bits per heavy atom. The molecule has 1 heteroatoms. The van der Waals surface area contributed by atoms with E-state index >= 15 is 0 Å². The molecule has 102 valence electrons. The molecule has 0 saturated heterocycles. The van der Waals surface area contributed by atoms with Gasteiger partial charge in [0, 0.05) is 6.04 Å². The van der Waals surface area contributed by atoms with Gasteiger partial charge in [0.15, 0.2) is 0 Å². The summed E-state index contributed by atoms with van der Waals surface area (Å²) in [6, 6.07) is 9.22. The fourth-order valence-corrected chi connectivity index (χ4v) is 2.61. The highest BCUT2D eigenvalue weighted by Gasteiger charge is 2.18. The third kappa shape index (κ3) is 4.45. The van der Waals surface area contributed by atoms with Gasteiger partial charge in [0.25, 0.3) is 0 Å². The predicted octanol–water partition coefficient (Wildman–Crippen LogP) is 4.57. The third-order valence-electron chi connectivity index (χ3n) is 3.91. The molecule has 1 unspecified atom stereocenters. The highest BCUT2D eigenvalue weighted by molar-refractivity contribution is 5.24. The molecule has 0 saturated carbocycles. The Morgan fingerprint density at radius 2 is 1.61 bits per heavy atom. The lowest BCUT2D eigenvalue weighted by atomic mass is 9.85. The topological polar surface area (TPSA) is 12.0 Å². The molecule has 0 fully saturated rings. The summed E-state index contributed by atoms with van der Waals surface area (Å²) in [5.74, 6) is 2.22. The summed E-state index contributed by atoms with van der Waals surface area (Å²) in [7, 11) is 0. The van der Waals surface area contributed by atoms with Crippen LogP contribution in [0, 0.1) is 24.7 Å². The number of nitrogens with one attached hydrogen (secondary N) is 1. The van der Waals surface area contributed by atoms with Gasteiger partial charge >= 0.3 is 0 Å². The first-order chi connectivity index (χ1) is 8.41. The Morgan fingerprint density at radius 3 is 2.11 bits per heavy atom. The Hall–Kier alpha value is -0.820. The zero-order chi connectivity index (χ0) is 13.7. The van der Waals surface area contributed by atoms with Crippen molar-refractivity contribution >= 4 is 0 Å². The molecule has 0 aliphatic heterocycles. The maximum absolute atomic E-state index is 3.69. The number of hydrogen-bond donors (Lipinski definition) is 1. The predicted molar refractivity (Wildman–Crippen MR) is 80.8 cm³/mol. The first-order valence-electron chi connectivity index (χ1n) is 7.21. The molecule has 0 heterocycles. The van der Waals surface area contributed by atoms with Gasteiger partial charge in [-0.1, -0.05) is 57.5 Å². The highest BCUT2D eigenvalue weighted by Crippen LogP contribution is 2.21. The summed E-state index contributed by atoms with van der Waals surface area (Å²) in [6.07, 6.45) is 0. The van der Waals surface area contributed by atoms with Crippen LogP contribution >= 0.6 is 0 Å². The second kappa shape index (κ2) is 6.94. The molecule has 0 aliphatic rings. The van der Waals surface area contributed by atoms with Crippen LogP contribution in [0.3, 0.4) is 0 Å². The molecule has 1 aromatic rings. The van der Waals surface area contributed by atoms with Crippen LogP contribution in [-0.2, 0) is 0 Å². The van der Waals surface area contributed by atoms with E-state index in [-0.39, 0.29) is 0 Å². The average Bonchev–Trinajstić information content (AvgIpc) is 2.28. The lowest BCUT2D eigenvalue weighted by molar-refractivity contribution is 0.268. The van der Waals surface area contributed by atoms with Crippen LogP contribution in [0.2, 0.25) is 0 Å². The molecule has 0 radical (unpaired) electrons. The van der Waals surface area contributed by atoms with E-state index < -0.39 is 0 Å². The fourth-order valence-electron chi connectivity index (χ4n) is 2.61. The van der Waals surface area contributed by atoms with Crippen molar-refractivity contribution in [3.63, 3.8) is 0 Å². The zero-order valence-electron chi connectivity index (χ0n) is 12.8. The maximum atomic E-state index is 3.69. The second-order valence-corrected chi connectivity index (χ2v) is 6.20. The standard InChI is InChI=1S/C17H29N/c1-12(2)17(13(3)4)11-18-15(6)16-9-7-8-14(5)10-16/h7-10,12-13,15,17-18H,11H2,1-6H3. The summed E-state index contributed by atoms with van der Waals surface area (Å²) in [6.45, 7) is 14.8. The van der Waals surface area contributed by atoms with Crippen LogP contribution in [0.4, 0.5) is 0 Å². The van der Waals surface area contributed by atoms with Gasteiger partial charge < -0.3 is 5.32 Å². The van der Waals surface area contributed by atoms with Crippen molar-refractivity contribution in [2.75, 3.05) is 6.54 Å². The molecule has 1 atom stereocenters. The Labute approximate surface area is 113 Å². The van der Waals surface area contributed by atoms with Crippen molar-refractivity contribution in [2.24, 2.45) is 17.8 Å². The highest BCUT2D eigenvalue weighted by atomic mass is 14.9. The van der Waals surface area contributed by atoms with Crippen molar-refractivity contribution in [2.45, 2.75) is 47.6 Å². The minimum absolute atomic E-state index is 0.435. The second-order valence-electron chi connectivity index (χ2n) is 6.20. The van der Waals surface area contributed by atoms with Gasteiger partial charge in [0.05, 0.1) is 0 Å². The molecular formula is C17H29N. The molecule has 1 aromatic carbocycles. The maximum Gasteiger partial charge on any atom is 0.0292 e. The van der Waals surface area contributed by atoms with Crippen molar-refractivity contribution in [3.8, 4) is 0 Å². The average molecular weight is 247 g/mol. The fraction of sp³-hybridized carbons (Fsp3) is 0.647. The van der Waals surface area contributed by atoms with Crippen molar-refractivity contribution in [1.82, 2.24) is 5.32 Å². The van der Waals surface area contributed by atoms with Crippen molar-refractivity contribution < 1.29 is 0 Å². The quantitative estimate of drug-likeness (QED) is 0.776. The molecule has 18 heavy (non-hydrogen) atoms. The van der Waals surface area contributed by atoms with Crippen molar-refractivity contribution in [1.29, 1.82) is 0 Å². The Bertz CT molecular complexity index is 346. The summed E-state index contributed by atoms with van der Waals surface area (Å²) in [4.78, 5) is 0. The molecule has 0 aliphatic carbocycles. The van der Waals surface area contributed by atoms with Crippen molar-refractivity contribution in [3.05, 3.63) is 35.4 Å². The van der Waals surface area contributed by atoms with Gasteiger partial charge in [-0.05, 0) is 43.7 Å². The van der Waals surface area contributed by atoms with E-state index in [4.69, 9.17) is 0 Å². The third-order valence-corrected chi connectivity index (χ3v) is 3.91. The van der Waals surface area contributed by atoms with Gasteiger partial charge in [-0.15, -0.1) is 0 Å². The van der Waals surface area contributed by atoms with E-state index in [9.17, 15) is 0 Å². The van der Waals surface area contributed by atoms with E-state index in [1.165, 1.54) is 11.1 Å². The van der Waals surface area contributed by atoms with E-state index in [1.807, 2.05) is 0 Å². The van der Waals surface area contributed by atoms with Crippen LogP contribution < -0.4 is 5.32 Å². The molecule has 1 N–H and O–H groups in total. The molecular weight excluding hydrogens is 218 g/mol. The van der Waals surface area contributed by atoms with E-state index in [0.29, 0.717) is 6.04 Å². The monoisotopic (exact) mass is 247 g/mol. The van der Waals surface area contributed by atoms with Gasteiger partial charge in [0.1, 0.15) is 0 Å². The zero-order valence-corrected chi connectivity index (χ0v) is 12.8. The lowest BCUT2D eigenvalue weighted by Crippen LogP contribution is -2.31. The number of hydrogen-bond acceptors (Lipinski definition) is 1. The molecule has 0 spiro atoms. The number of rotatable bonds is 6. The number of aryl methyl sites for hydroxylation is 1. The van der Waals surface area contributed by atoms with Crippen LogP contribution in [-0.4, -0.2) is 6.54 Å². The van der Waals surface area contributed by atoms with Gasteiger partial charge in [-0.2, -0.15) is 0 Å². The summed E-state index contributed by atoms with van der Waals surface area (Å²) in [5, 5.41) is 3.69. The van der Waals surface area contributed by atoms with Crippen LogP contribution in [0.1, 0.15) is 51.8 Å². The van der Waals surface area contributed by atoms with Gasteiger partial charge in [0.2, 0.25) is 0 Å². The summed E-state index contributed by atoms with van der Waals surface area (Å²) in [5.41, 5.74) is 2.73. The first-order valence-corrected chi connectivity index (χ1v) is 7.21. The lowest BCUT2D eigenvalue weighted by Gasteiger charge is -2.27. The van der Waals surface area contributed by atoms with E-state index in [0.717, 1.165) is 24.3 Å². The Kier molecular flexibility index (Phi) is 5.87. The molecule has 1 rings (SSSR count). The van der Waals surface area contributed by atoms with Crippen LogP contribution in [0.5, 0.6) is 0 Å². The smallest absolute Gasteiger partial charge is 0.0292 e. The Balaban J connectivity index is 2.57. The molecule has 0 bridgehead atoms. The largest absolute Gasteiger partial charge is 0.310 e. The summed E-state index contributed by atoms with van der Waals surface area (Å²) < 4.78 is 0. The van der Waals surface area contributed by atoms with E-state index in [1.54, 1.807) is 0 Å². The minimum Gasteiger partial charge on any atom is -0.310 e. The summed E-state index contributed by atoms with van der Waals surface area (Å²) >= 11 is 0. The van der Waals surface area contributed by atoms with Gasteiger partial charge in [-0.25, -0.2) is 0 Å². The first kappa shape index (κ1) is 15.2. The molecule has 0 aromatic heterocycles. The molecule has 0 amide bonds. The van der Waals surface area contributed by atoms with E-state index in [2.05, 4.69) is 71.1 Å².